The van der Waals surface area contributed by atoms with Gasteiger partial charge in [-0.3, -0.25) is 4.90 Å². The van der Waals surface area contributed by atoms with Crippen LogP contribution in [0.2, 0.25) is 0 Å². The lowest BCUT2D eigenvalue weighted by Gasteiger charge is -2.42. The second-order valence-electron chi connectivity index (χ2n) is 10.5. The number of ether oxygens (including phenoxy) is 1. The lowest BCUT2D eigenvalue weighted by Crippen LogP contribution is -2.50. The third-order valence-electron chi connectivity index (χ3n) is 8.58. The van der Waals surface area contributed by atoms with Crippen LogP contribution in [0, 0.1) is 11.7 Å². The smallest absolute Gasteiger partial charge is 0.409 e. The number of likely N-dealkylation sites (tertiary alicyclic amines) is 2. The lowest BCUT2D eigenvalue weighted by atomic mass is 9.74. The van der Waals surface area contributed by atoms with Crippen LogP contribution in [0.3, 0.4) is 0 Å². The summed E-state index contributed by atoms with van der Waals surface area (Å²) in [5, 5.41) is 0. The Kier molecular flexibility index (Phi) is 5.75. The summed E-state index contributed by atoms with van der Waals surface area (Å²) in [6.07, 6.45) is 5.98. The first-order chi connectivity index (χ1) is 15.8. The zero-order valence-electron chi connectivity index (χ0n) is 19.9. The molecule has 4 aliphatic rings. The highest BCUT2D eigenvalue weighted by atomic mass is 19.1. The van der Waals surface area contributed by atoms with E-state index in [0.29, 0.717) is 18.5 Å². The van der Waals surface area contributed by atoms with Crippen molar-refractivity contribution in [1.82, 2.24) is 14.7 Å². The van der Waals surface area contributed by atoms with Crippen LogP contribution < -0.4 is 4.90 Å². The zero-order chi connectivity index (χ0) is 23.3. The third kappa shape index (κ3) is 3.76. The molecule has 180 valence electrons. The minimum atomic E-state index is -0.238. The fourth-order valence-electron chi connectivity index (χ4n) is 6.90. The van der Waals surface area contributed by atoms with Gasteiger partial charge in [0.1, 0.15) is 5.82 Å². The van der Waals surface area contributed by atoms with Crippen LogP contribution in [0.15, 0.2) is 18.2 Å². The molecule has 33 heavy (non-hydrogen) atoms. The van der Waals surface area contributed by atoms with Gasteiger partial charge in [-0.15, -0.1) is 0 Å². The number of benzene rings is 1. The van der Waals surface area contributed by atoms with Crippen LogP contribution in [0.5, 0.6) is 0 Å². The van der Waals surface area contributed by atoms with Crippen LogP contribution in [-0.4, -0.2) is 86.3 Å². The molecule has 3 aliphatic heterocycles. The first kappa shape index (κ1) is 22.4. The number of fused-ring (bicyclic) bond motifs is 3. The molecule has 7 nitrogen and oxygen atoms in total. The van der Waals surface area contributed by atoms with Gasteiger partial charge in [0.15, 0.2) is 0 Å². The highest BCUT2D eigenvalue weighted by molar-refractivity contribution is 5.95. The number of methoxy groups -OCH3 is 1. The number of carbonyl (C=O) groups excluding carboxylic acids is 2. The number of carbonyl (C=O) groups is 2. The fourth-order valence-corrected chi connectivity index (χ4v) is 6.90. The van der Waals surface area contributed by atoms with E-state index in [0.717, 1.165) is 63.0 Å². The van der Waals surface area contributed by atoms with Gasteiger partial charge in [-0.25, -0.2) is 14.0 Å². The molecule has 3 amide bonds. The molecule has 1 aromatic carbocycles. The van der Waals surface area contributed by atoms with Crippen LogP contribution >= 0.6 is 0 Å². The Balaban J connectivity index is 1.31. The number of halogens is 1. The van der Waals surface area contributed by atoms with Gasteiger partial charge in [0.2, 0.25) is 0 Å². The highest BCUT2D eigenvalue weighted by Crippen LogP contribution is 2.49. The third-order valence-corrected chi connectivity index (χ3v) is 8.58. The molecule has 3 unspecified atom stereocenters. The molecular formula is C25H35FN4O3. The molecule has 8 heteroatoms. The molecule has 3 heterocycles. The van der Waals surface area contributed by atoms with Gasteiger partial charge in [0.05, 0.1) is 7.11 Å². The number of nitrogens with zero attached hydrogens (tertiary/aromatic N) is 4. The number of amides is 3. The van der Waals surface area contributed by atoms with Crippen molar-refractivity contribution in [2.24, 2.45) is 5.92 Å². The van der Waals surface area contributed by atoms with Crippen LogP contribution in [0.25, 0.3) is 0 Å². The predicted molar refractivity (Wildman–Crippen MR) is 124 cm³/mol. The van der Waals surface area contributed by atoms with E-state index < -0.39 is 0 Å². The maximum atomic E-state index is 14.2. The summed E-state index contributed by atoms with van der Waals surface area (Å²) in [5.41, 5.74) is 1.64. The van der Waals surface area contributed by atoms with E-state index in [1.54, 1.807) is 31.1 Å². The molecule has 3 fully saturated rings. The molecule has 1 aromatic rings. The van der Waals surface area contributed by atoms with Gasteiger partial charge in [-0.05, 0) is 81.3 Å². The monoisotopic (exact) mass is 458 g/mol. The Bertz CT molecular complexity index is 930. The molecule has 1 spiro atoms. The molecule has 0 aromatic heterocycles. The van der Waals surface area contributed by atoms with Crippen molar-refractivity contribution in [3.8, 4) is 0 Å². The van der Waals surface area contributed by atoms with Crippen molar-refractivity contribution in [1.29, 1.82) is 0 Å². The number of anilines is 1. The molecule has 1 saturated carbocycles. The summed E-state index contributed by atoms with van der Waals surface area (Å²) in [5.74, 6) is 0.311. The van der Waals surface area contributed by atoms with Crippen LogP contribution in [0.4, 0.5) is 19.7 Å². The molecule has 0 N–H and O–H groups in total. The van der Waals surface area contributed by atoms with Crippen molar-refractivity contribution in [3.63, 3.8) is 0 Å². The van der Waals surface area contributed by atoms with Gasteiger partial charge < -0.3 is 19.4 Å². The SMILES string of the molecule is COC(=O)N1CCCC2CC(N3CCC4(CC3)CN(C(=O)N(C)C)c3ccc(F)cc34)CC21. The van der Waals surface area contributed by atoms with Gasteiger partial charge in [-0.1, -0.05) is 0 Å². The van der Waals surface area contributed by atoms with Gasteiger partial charge in [-0.2, -0.15) is 0 Å². The van der Waals surface area contributed by atoms with E-state index in [-0.39, 0.29) is 29.4 Å². The molecule has 1 aliphatic carbocycles. The second kappa shape index (κ2) is 8.46. The summed E-state index contributed by atoms with van der Waals surface area (Å²) >= 11 is 0. The quantitative estimate of drug-likeness (QED) is 0.644. The number of urea groups is 1. The Morgan fingerprint density at radius 3 is 2.61 bits per heavy atom. The Morgan fingerprint density at radius 2 is 1.91 bits per heavy atom. The Labute approximate surface area is 195 Å². The average molecular weight is 459 g/mol. The van der Waals surface area contributed by atoms with Crippen molar-refractivity contribution >= 4 is 17.8 Å². The number of rotatable bonds is 1. The first-order valence-electron chi connectivity index (χ1n) is 12.2. The summed E-state index contributed by atoms with van der Waals surface area (Å²) in [7, 11) is 4.99. The van der Waals surface area contributed by atoms with Crippen LogP contribution in [0.1, 0.15) is 44.1 Å². The van der Waals surface area contributed by atoms with Crippen molar-refractivity contribution in [2.75, 3.05) is 52.3 Å². The Hall–Kier alpha value is -2.35. The zero-order valence-corrected chi connectivity index (χ0v) is 19.9. The van der Waals surface area contributed by atoms with E-state index in [9.17, 15) is 14.0 Å². The van der Waals surface area contributed by atoms with Gasteiger partial charge in [0.25, 0.3) is 0 Å². The summed E-state index contributed by atoms with van der Waals surface area (Å²) in [6, 6.07) is 5.56. The molecule has 3 atom stereocenters. The highest BCUT2D eigenvalue weighted by Gasteiger charge is 2.49. The van der Waals surface area contributed by atoms with E-state index in [1.807, 2.05) is 9.80 Å². The first-order valence-corrected chi connectivity index (χ1v) is 12.2. The minimum Gasteiger partial charge on any atom is -0.453 e. The fraction of sp³-hybridized carbons (Fsp3) is 0.680. The van der Waals surface area contributed by atoms with Crippen molar-refractivity contribution in [3.05, 3.63) is 29.6 Å². The van der Waals surface area contributed by atoms with E-state index >= 15 is 0 Å². The predicted octanol–water partition coefficient (Wildman–Crippen LogP) is 3.67. The molecular weight excluding hydrogens is 423 g/mol. The Morgan fingerprint density at radius 1 is 1.15 bits per heavy atom. The number of hydrogen-bond donors (Lipinski definition) is 0. The molecule has 0 bridgehead atoms. The maximum absolute atomic E-state index is 14.2. The number of piperidine rings is 2. The van der Waals surface area contributed by atoms with Crippen molar-refractivity contribution in [2.45, 2.75) is 56.0 Å². The summed E-state index contributed by atoms with van der Waals surface area (Å²) in [4.78, 5) is 33.1. The standard InChI is InChI=1S/C25H35FN4O3/c1-27(2)23(31)30-16-25(20-14-18(26)6-7-21(20)30)8-11-28(12-9-25)19-13-17-5-4-10-29(22(17)15-19)24(32)33-3/h6-7,14,17,19,22H,4-5,8-13,15-16H2,1-3H3. The lowest BCUT2D eigenvalue weighted by molar-refractivity contribution is 0.0741. The molecule has 5 rings (SSSR count). The number of hydrogen-bond acceptors (Lipinski definition) is 4. The second-order valence-corrected chi connectivity index (χ2v) is 10.5. The van der Waals surface area contributed by atoms with E-state index in [1.165, 1.54) is 19.6 Å². The van der Waals surface area contributed by atoms with E-state index in [4.69, 9.17) is 4.74 Å². The van der Waals surface area contributed by atoms with Gasteiger partial charge in [0, 0.05) is 50.4 Å². The topological polar surface area (TPSA) is 56.3 Å². The minimum absolute atomic E-state index is 0.0510. The summed E-state index contributed by atoms with van der Waals surface area (Å²) < 4.78 is 19.3. The van der Waals surface area contributed by atoms with E-state index in [2.05, 4.69) is 4.90 Å². The van der Waals surface area contributed by atoms with Crippen molar-refractivity contribution < 1.29 is 18.7 Å². The van der Waals surface area contributed by atoms with Gasteiger partial charge >= 0.3 is 12.1 Å². The summed E-state index contributed by atoms with van der Waals surface area (Å²) in [6.45, 7) is 3.27. The molecule has 2 saturated heterocycles. The average Bonchev–Trinajstić information content (AvgIpc) is 3.38. The molecule has 0 radical (unpaired) electrons. The maximum Gasteiger partial charge on any atom is 0.409 e. The van der Waals surface area contributed by atoms with Crippen LogP contribution in [-0.2, 0) is 10.2 Å². The largest absolute Gasteiger partial charge is 0.453 e. The normalized spacial score (nSPS) is 28.5.